The summed E-state index contributed by atoms with van der Waals surface area (Å²) in [7, 11) is 0. The van der Waals surface area contributed by atoms with Crippen molar-refractivity contribution in [1.29, 1.82) is 0 Å². The SMILES string of the molecule is CC(O)c1ccc(NCc2ccccn2)cc1. The molecule has 2 N–H and O–H groups in total. The van der Waals surface area contributed by atoms with Crippen LogP contribution in [0.15, 0.2) is 48.7 Å². The fourth-order valence-corrected chi connectivity index (χ4v) is 1.57. The molecule has 3 heteroatoms. The van der Waals surface area contributed by atoms with E-state index in [0.29, 0.717) is 6.54 Å². The third kappa shape index (κ3) is 3.29. The maximum absolute atomic E-state index is 9.39. The van der Waals surface area contributed by atoms with Crippen LogP contribution < -0.4 is 5.32 Å². The van der Waals surface area contributed by atoms with Gasteiger partial charge in [-0.15, -0.1) is 0 Å². The molecule has 2 rings (SSSR count). The zero-order chi connectivity index (χ0) is 12.1. The maximum atomic E-state index is 9.39. The zero-order valence-corrected chi connectivity index (χ0v) is 9.80. The summed E-state index contributed by atoms with van der Waals surface area (Å²) < 4.78 is 0. The number of aliphatic hydroxyl groups is 1. The number of hydrogen-bond donors (Lipinski definition) is 2. The molecular weight excluding hydrogens is 212 g/mol. The summed E-state index contributed by atoms with van der Waals surface area (Å²) in [5.41, 5.74) is 2.96. The average Bonchev–Trinajstić information content (AvgIpc) is 2.38. The molecule has 2 aromatic rings. The Labute approximate surface area is 101 Å². The first-order chi connectivity index (χ1) is 8.25. The Bertz CT molecular complexity index is 451. The van der Waals surface area contributed by atoms with Crippen LogP contribution >= 0.6 is 0 Å². The molecule has 17 heavy (non-hydrogen) atoms. The van der Waals surface area contributed by atoms with Crippen molar-refractivity contribution >= 4 is 5.69 Å². The van der Waals surface area contributed by atoms with Crippen LogP contribution in [0.4, 0.5) is 5.69 Å². The number of aliphatic hydroxyl groups excluding tert-OH is 1. The number of rotatable bonds is 4. The monoisotopic (exact) mass is 228 g/mol. The number of hydrogen-bond acceptors (Lipinski definition) is 3. The van der Waals surface area contributed by atoms with Gasteiger partial charge in [0.25, 0.3) is 0 Å². The van der Waals surface area contributed by atoms with E-state index in [2.05, 4.69) is 10.3 Å². The number of benzene rings is 1. The van der Waals surface area contributed by atoms with Crippen LogP contribution in [-0.4, -0.2) is 10.1 Å². The second kappa shape index (κ2) is 5.46. The van der Waals surface area contributed by atoms with Crippen molar-refractivity contribution in [3.05, 3.63) is 59.9 Å². The van der Waals surface area contributed by atoms with Gasteiger partial charge in [-0.3, -0.25) is 4.98 Å². The lowest BCUT2D eigenvalue weighted by Gasteiger charge is -2.08. The van der Waals surface area contributed by atoms with Crippen molar-refractivity contribution in [3.63, 3.8) is 0 Å². The first-order valence-electron chi connectivity index (χ1n) is 5.67. The van der Waals surface area contributed by atoms with Crippen molar-refractivity contribution in [3.8, 4) is 0 Å². The summed E-state index contributed by atoms with van der Waals surface area (Å²) >= 11 is 0. The Balaban J connectivity index is 1.96. The van der Waals surface area contributed by atoms with Crippen molar-refractivity contribution < 1.29 is 5.11 Å². The molecule has 1 aromatic heterocycles. The van der Waals surface area contributed by atoms with Gasteiger partial charge < -0.3 is 10.4 Å². The molecule has 0 fully saturated rings. The molecule has 0 radical (unpaired) electrons. The van der Waals surface area contributed by atoms with Crippen LogP contribution in [0.2, 0.25) is 0 Å². The Morgan fingerprint density at radius 3 is 2.53 bits per heavy atom. The predicted molar refractivity (Wildman–Crippen MR) is 68.6 cm³/mol. The fourth-order valence-electron chi connectivity index (χ4n) is 1.57. The lowest BCUT2D eigenvalue weighted by Crippen LogP contribution is -2.01. The number of anilines is 1. The first kappa shape index (κ1) is 11.6. The van der Waals surface area contributed by atoms with Crippen LogP contribution in [0, 0.1) is 0 Å². The Morgan fingerprint density at radius 1 is 1.18 bits per heavy atom. The van der Waals surface area contributed by atoms with E-state index in [1.165, 1.54) is 0 Å². The highest BCUT2D eigenvalue weighted by Gasteiger charge is 2.00. The molecule has 88 valence electrons. The van der Waals surface area contributed by atoms with Gasteiger partial charge in [-0.25, -0.2) is 0 Å². The summed E-state index contributed by atoms with van der Waals surface area (Å²) in [6, 6.07) is 13.6. The van der Waals surface area contributed by atoms with E-state index < -0.39 is 6.10 Å². The largest absolute Gasteiger partial charge is 0.389 e. The molecular formula is C14H16N2O. The summed E-state index contributed by atoms with van der Waals surface area (Å²) in [4.78, 5) is 4.24. The molecule has 0 aliphatic rings. The third-order valence-corrected chi connectivity index (χ3v) is 2.59. The van der Waals surface area contributed by atoms with Gasteiger partial charge in [-0.2, -0.15) is 0 Å². The van der Waals surface area contributed by atoms with Gasteiger partial charge >= 0.3 is 0 Å². The molecule has 0 saturated carbocycles. The van der Waals surface area contributed by atoms with Gasteiger partial charge in [-0.1, -0.05) is 18.2 Å². The molecule has 0 amide bonds. The van der Waals surface area contributed by atoms with Gasteiger partial charge in [0.05, 0.1) is 18.3 Å². The van der Waals surface area contributed by atoms with Gasteiger partial charge in [0.2, 0.25) is 0 Å². The molecule has 1 atom stereocenters. The molecule has 0 spiro atoms. The minimum atomic E-state index is -0.417. The highest BCUT2D eigenvalue weighted by atomic mass is 16.3. The smallest absolute Gasteiger partial charge is 0.0761 e. The highest BCUT2D eigenvalue weighted by molar-refractivity contribution is 5.45. The first-order valence-corrected chi connectivity index (χ1v) is 5.67. The summed E-state index contributed by atoms with van der Waals surface area (Å²) in [6.07, 6.45) is 1.37. The Kier molecular flexibility index (Phi) is 3.73. The van der Waals surface area contributed by atoms with E-state index >= 15 is 0 Å². The Morgan fingerprint density at radius 2 is 1.94 bits per heavy atom. The second-order valence-electron chi connectivity index (χ2n) is 3.97. The van der Waals surface area contributed by atoms with Crippen molar-refractivity contribution in [2.75, 3.05) is 5.32 Å². The van der Waals surface area contributed by atoms with E-state index in [1.807, 2.05) is 42.5 Å². The van der Waals surface area contributed by atoms with Gasteiger partial charge in [0.1, 0.15) is 0 Å². The third-order valence-electron chi connectivity index (χ3n) is 2.59. The molecule has 1 heterocycles. The van der Waals surface area contributed by atoms with Gasteiger partial charge in [-0.05, 0) is 36.8 Å². The fraction of sp³-hybridized carbons (Fsp3) is 0.214. The number of aromatic nitrogens is 1. The molecule has 0 saturated heterocycles. The summed E-state index contributed by atoms with van der Waals surface area (Å²) in [5.74, 6) is 0. The number of pyridine rings is 1. The van der Waals surface area contributed by atoms with Crippen LogP contribution in [0.25, 0.3) is 0 Å². The van der Waals surface area contributed by atoms with E-state index in [4.69, 9.17) is 0 Å². The summed E-state index contributed by atoms with van der Waals surface area (Å²) in [5, 5.41) is 12.7. The number of nitrogens with zero attached hydrogens (tertiary/aromatic N) is 1. The van der Waals surface area contributed by atoms with Crippen LogP contribution in [0.3, 0.4) is 0 Å². The molecule has 0 aliphatic heterocycles. The van der Waals surface area contributed by atoms with Gasteiger partial charge in [0, 0.05) is 11.9 Å². The molecule has 0 aliphatic carbocycles. The minimum absolute atomic E-state index is 0.417. The Hall–Kier alpha value is -1.87. The number of nitrogens with one attached hydrogen (secondary N) is 1. The predicted octanol–water partition coefficient (Wildman–Crippen LogP) is 2.75. The van der Waals surface area contributed by atoms with Crippen LogP contribution in [0.1, 0.15) is 24.3 Å². The van der Waals surface area contributed by atoms with E-state index in [0.717, 1.165) is 16.9 Å². The average molecular weight is 228 g/mol. The van der Waals surface area contributed by atoms with Crippen LogP contribution in [-0.2, 0) is 6.54 Å². The van der Waals surface area contributed by atoms with Crippen molar-refractivity contribution in [2.24, 2.45) is 0 Å². The maximum Gasteiger partial charge on any atom is 0.0761 e. The lowest BCUT2D eigenvalue weighted by molar-refractivity contribution is 0.199. The lowest BCUT2D eigenvalue weighted by atomic mass is 10.1. The quantitative estimate of drug-likeness (QED) is 0.845. The molecule has 3 nitrogen and oxygen atoms in total. The minimum Gasteiger partial charge on any atom is -0.389 e. The van der Waals surface area contributed by atoms with Crippen LogP contribution in [0.5, 0.6) is 0 Å². The highest BCUT2D eigenvalue weighted by Crippen LogP contribution is 2.15. The van der Waals surface area contributed by atoms with E-state index in [-0.39, 0.29) is 0 Å². The molecule has 1 unspecified atom stereocenters. The standard InChI is InChI=1S/C14H16N2O/c1-11(17)12-5-7-13(8-6-12)16-10-14-4-2-3-9-15-14/h2-9,11,16-17H,10H2,1H3. The van der Waals surface area contributed by atoms with Crippen molar-refractivity contribution in [1.82, 2.24) is 4.98 Å². The van der Waals surface area contributed by atoms with Crippen molar-refractivity contribution in [2.45, 2.75) is 19.6 Å². The summed E-state index contributed by atoms with van der Waals surface area (Å²) in [6.45, 7) is 2.46. The topological polar surface area (TPSA) is 45.1 Å². The molecule has 0 bridgehead atoms. The zero-order valence-electron chi connectivity index (χ0n) is 9.80. The van der Waals surface area contributed by atoms with E-state index in [9.17, 15) is 5.11 Å². The normalized spacial score (nSPS) is 12.1. The molecule has 1 aromatic carbocycles. The van der Waals surface area contributed by atoms with E-state index in [1.54, 1.807) is 13.1 Å². The second-order valence-corrected chi connectivity index (χ2v) is 3.97. The van der Waals surface area contributed by atoms with Gasteiger partial charge in [0.15, 0.2) is 0 Å².